The predicted octanol–water partition coefficient (Wildman–Crippen LogP) is 4.12. The SMILES string of the molecule is O=C(c1ccc(Oc2ccccc2)cc1)c1ccc(O)cc1O. The number of phenolic OH excluding ortho intramolecular Hbond substituents is 2. The number of rotatable bonds is 4. The van der Waals surface area contributed by atoms with E-state index in [1.807, 2.05) is 30.3 Å². The molecule has 0 aliphatic rings. The number of carbonyl (C=O) groups excluding carboxylic acids is 1. The van der Waals surface area contributed by atoms with Gasteiger partial charge in [0.2, 0.25) is 0 Å². The zero-order chi connectivity index (χ0) is 16.2. The fraction of sp³-hybridized carbons (Fsp3) is 0. The van der Waals surface area contributed by atoms with Crippen molar-refractivity contribution in [1.29, 1.82) is 0 Å². The number of hydrogen-bond donors (Lipinski definition) is 2. The van der Waals surface area contributed by atoms with E-state index in [4.69, 9.17) is 4.74 Å². The maximum atomic E-state index is 12.4. The first-order chi connectivity index (χ1) is 11.1. The average molecular weight is 306 g/mol. The summed E-state index contributed by atoms with van der Waals surface area (Å²) in [5, 5.41) is 19.0. The lowest BCUT2D eigenvalue weighted by Crippen LogP contribution is -2.01. The number of para-hydroxylation sites is 1. The van der Waals surface area contributed by atoms with Crippen LogP contribution in [0.3, 0.4) is 0 Å². The van der Waals surface area contributed by atoms with Crippen LogP contribution in [0.4, 0.5) is 0 Å². The van der Waals surface area contributed by atoms with Crippen LogP contribution in [0.2, 0.25) is 0 Å². The van der Waals surface area contributed by atoms with Crippen LogP contribution in [0.25, 0.3) is 0 Å². The topological polar surface area (TPSA) is 66.8 Å². The Balaban J connectivity index is 1.80. The van der Waals surface area contributed by atoms with Crippen molar-refractivity contribution in [2.24, 2.45) is 0 Å². The molecule has 4 heteroatoms. The highest BCUT2D eigenvalue weighted by Crippen LogP contribution is 2.26. The van der Waals surface area contributed by atoms with Gasteiger partial charge >= 0.3 is 0 Å². The van der Waals surface area contributed by atoms with Gasteiger partial charge in [-0.2, -0.15) is 0 Å². The van der Waals surface area contributed by atoms with E-state index in [1.165, 1.54) is 12.1 Å². The van der Waals surface area contributed by atoms with Gasteiger partial charge in [-0.3, -0.25) is 4.79 Å². The molecule has 23 heavy (non-hydrogen) atoms. The summed E-state index contributed by atoms with van der Waals surface area (Å²) in [6, 6.07) is 19.9. The average Bonchev–Trinajstić information content (AvgIpc) is 2.56. The highest BCUT2D eigenvalue weighted by molar-refractivity contribution is 6.10. The Hall–Kier alpha value is -3.27. The number of aromatic hydroxyl groups is 2. The van der Waals surface area contributed by atoms with E-state index in [9.17, 15) is 15.0 Å². The van der Waals surface area contributed by atoms with Crippen LogP contribution in [0.15, 0.2) is 72.8 Å². The fourth-order valence-electron chi connectivity index (χ4n) is 2.17. The minimum atomic E-state index is -0.325. The predicted molar refractivity (Wildman–Crippen MR) is 86.2 cm³/mol. The van der Waals surface area contributed by atoms with Crippen LogP contribution in [-0.2, 0) is 0 Å². The van der Waals surface area contributed by atoms with Crippen LogP contribution >= 0.6 is 0 Å². The minimum Gasteiger partial charge on any atom is -0.508 e. The third kappa shape index (κ3) is 3.32. The second-order valence-corrected chi connectivity index (χ2v) is 4.97. The first kappa shape index (κ1) is 14.7. The van der Waals surface area contributed by atoms with Crippen molar-refractivity contribution in [3.05, 3.63) is 83.9 Å². The summed E-state index contributed by atoms with van der Waals surface area (Å²) in [5.74, 6) is 0.657. The molecule has 4 nitrogen and oxygen atoms in total. The maximum Gasteiger partial charge on any atom is 0.196 e. The smallest absolute Gasteiger partial charge is 0.196 e. The number of carbonyl (C=O) groups is 1. The van der Waals surface area contributed by atoms with Crippen LogP contribution in [0.5, 0.6) is 23.0 Å². The summed E-state index contributed by atoms with van der Waals surface area (Å²) in [6.07, 6.45) is 0. The van der Waals surface area contributed by atoms with E-state index >= 15 is 0 Å². The molecule has 2 N–H and O–H groups in total. The first-order valence-corrected chi connectivity index (χ1v) is 7.03. The largest absolute Gasteiger partial charge is 0.508 e. The molecule has 0 aliphatic carbocycles. The molecule has 0 amide bonds. The maximum absolute atomic E-state index is 12.4. The molecule has 0 aromatic heterocycles. The Kier molecular flexibility index (Phi) is 3.97. The van der Waals surface area contributed by atoms with Gasteiger partial charge in [-0.1, -0.05) is 18.2 Å². The van der Waals surface area contributed by atoms with Crippen molar-refractivity contribution in [3.63, 3.8) is 0 Å². The van der Waals surface area contributed by atoms with E-state index in [0.717, 1.165) is 6.07 Å². The highest BCUT2D eigenvalue weighted by atomic mass is 16.5. The number of hydrogen-bond acceptors (Lipinski definition) is 4. The lowest BCUT2D eigenvalue weighted by Gasteiger charge is -2.07. The third-order valence-electron chi connectivity index (χ3n) is 3.32. The van der Waals surface area contributed by atoms with Crippen LogP contribution in [0, 0.1) is 0 Å². The van der Waals surface area contributed by atoms with Gasteiger partial charge in [0, 0.05) is 11.6 Å². The molecule has 0 spiro atoms. The van der Waals surface area contributed by atoms with Gasteiger partial charge in [-0.25, -0.2) is 0 Å². The molecule has 0 saturated carbocycles. The quantitative estimate of drug-likeness (QED) is 0.711. The Morgan fingerprint density at radius 3 is 2.09 bits per heavy atom. The van der Waals surface area contributed by atoms with Crippen molar-refractivity contribution in [2.75, 3.05) is 0 Å². The van der Waals surface area contributed by atoms with Crippen LogP contribution in [-0.4, -0.2) is 16.0 Å². The molecule has 114 valence electrons. The molecule has 3 aromatic carbocycles. The fourth-order valence-corrected chi connectivity index (χ4v) is 2.17. The second-order valence-electron chi connectivity index (χ2n) is 4.97. The van der Waals surface area contributed by atoms with Crippen LogP contribution in [0.1, 0.15) is 15.9 Å². The molecule has 0 fully saturated rings. The lowest BCUT2D eigenvalue weighted by molar-refractivity contribution is 0.103. The summed E-state index contributed by atoms with van der Waals surface area (Å²) in [6.45, 7) is 0. The number of phenols is 2. The summed E-state index contributed by atoms with van der Waals surface area (Å²) < 4.78 is 5.66. The summed E-state index contributed by atoms with van der Waals surface area (Å²) in [4.78, 5) is 12.4. The van der Waals surface area contributed by atoms with Gasteiger partial charge in [0.25, 0.3) is 0 Å². The molecule has 3 aromatic rings. The van der Waals surface area contributed by atoms with Gasteiger partial charge in [0.1, 0.15) is 23.0 Å². The highest BCUT2D eigenvalue weighted by Gasteiger charge is 2.14. The zero-order valence-corrected chi connectivity index (χ0v) is 12.1. The van der Waals surface area contributed by atoms with Crippen molar-refractivity contribution in [2.45, 2.75) is 0 Å². The molecular formula is C19H14O4. The van der Waals surface area contributed by atoms with Crippen molar-refractivity contribution in [3.8, 4) is 23.0 Å². The normalized spacial score (nSPS) is 10.3. The molecule has 0 heterocycles. The molecule has 0 bridgehead atoms. The van der Waals surface area contributed by atoms with Gasteiger partial charge in [-0.15, -0.1) is 0 Å². The summed E-state index contributed by atoms with van der Waals surface area (Å²) in [5.41, 5.74) is 0.561. The number of ether oxygens (including phenoxy) is 1. The minimum absolute atomic E-state index is 0.0920. The number of benzene rings is 3. The Morgan fingerprint density at radius 2 is 1.43 bits per heavy atom. The molecule has 3 rings (SSSR count). The Labute approximate surface area is 133 Å². The van der Waals surface area contributed by atoms with Gasteiger partial charge in [0.05, 0.1) is 5.56 Å². The monoisotopic (exact) mass is 306 g/mol. The lowest BCUT2D eigenvalue weighted by atomic mass is 10.0. The Bertz CT molecular complexity index is 824. The van der Waals surface area contributed by atoms with Crippen LogP contribution < -0.4 is 4.74 Å². The van der Waals surface area contributed by atoms with E-state index in [1.54, 1.807) is 24.3 Å². The molecule has 0 unspecified atom stereocenters. The Morgan fingerprint density at radius 1 is 0.783 bits per heavy atom. The van der Waals surface area contributed by atoms with Crippen molar-refractivity contribution in [1.82, 2.24) is 0 Å². The van der Waals surface area contributed by atoms with Gasteiger partial charge < -0.3 is 14.9 Å². The van der Waals surface area contributed by atoms with Gasteiger partial charge in [-0.05, 0) is 48.5 Å². The molecular weight excluding hydrogens is 292 g/mol. The van der Waals surface area contributed by atoms with E-state index in [0.29, 0.717) is 17.1 Å². The third-order valence-corrected chi connectivity index (χ3v) is 3.32. The molecule has 0 radical (unpaired) electrons. The van der Waals surface area contributed by atoms with E-state index < -0.39 is 0 Å². The van der Waals surface area contributed by atoms with E-state index in [2.05, 4.69) is 0 Å². The number of ketones is 1. The molecule has 0 atom stereocenters. The summed E-state index contributed by atoms with van der Waals surface area (Å²) >= 11 is 0. The van der Waals surface area contributed by atoms with Crippen molar-refractivity contribution < 1.29 is 19.7 Å². The van der Waals surface area contributed by atoms with Crippen molar-refractivity contribution >= 4 is 5.78 Å². The zero-order valence-electron chi connectivity index (χ0n) is 12.1. The standard InChI is InChI=1S/C19H14O4/c20-14-8-11-17(18(21)12-14)19(22)13-6-9-16(10-7-13)23-15-4-2-1-3-5-15/h1-12,20-21H. The molecule has 0 saturated heterocycles. The second kappa shape index (κ2) is 6.23. The first-order valence-electron chi connectivity index (χ1n) is 7.03. The van der Waals surface area contributed by atoms with Gasteiger partial charge in [0.15, 0.2) is 5.78 Å². The van der Waals surface area contributed by atoms with E-state index in [-0.39, 0.29) is 22.8 Å². The molecule has 0 aliphatic heterocycles. The summed E-state index contributed by atoms with van der Waals surface area (Å²) in [7, 11) is 0.